The fourth-order valence-electron chi connectivity index (χ4n) is 2.17. The SMILES string of the molecule is C=C1C(=O)CCC1CCc1ccccc1. The molecular formula is C14H16O. The van der Waals surface area contributed by atoms with Gasteiger partial charge < -0.3 is 0 Å². The van der Waals surface area contributed by atoms with E-state index in [1.54, 1.807) is 0 Å². The summed E-state index contributed by atoms with van der Waals surface area (Å²) in [5, 5.41) is 0. The van der Waals surface area contributed by atoms with Gasteiger partial charge in [0.15, 0.2) is 5.78 Å². The predicted octanol–water partition coefficient (Wildman–Crippen LogP) is 3.15. The smallest absolute Gasteiger partial charge is 0.158 e. The van der Waals surface area contributed by atoms with Gasteiger partial charge in [-0.25, -0.2) is 0 Å². The van der Waals surface area contributed by atoms with Gasteiger partial charge in [-0.2, -0.15) is 0 Å². The fourth-order valence-corrected chi connectivity index (χ4v) is 2.17. The van der Waals surface area contributed by atoms with Gasteiger partial charge in [0.05, 0.1) is 0 Å². The van der Waals surface area contributed by atoms with Crippen LogP contribution in [0.2, 0.25) is 0 Å². The summed E-state index contributed by atoms with van der Waals surface area (Å²) < 4.78 is 0. The lowest BCUT2D eigenvalue weighted by Crippen LogP contribution is -2.01. The molecule has 0 spiro atoms. The molecule has 78 valence electrons. The van der Waals surface area contributed by atoms with Gasteiger partial charge >= 0.3 is 0 Å². The number of hydrogen-bond donors (Lipinski definition) is 0. The molecule has 1 saturated carbocycles. The summed E-state index contributed by atoms with van der Waals surface area (Å²) >= 11 is 0. The van der Waals surface area contributed by atoms with Crippen LogP contribution in [0.1, 0.15) is 24.8 Å². The summed E-state index contributed by atoms with van der Waals surface area (Å²) in [6, 6.07) is 10.4. The molecule has 0 N–H and O–H groups in total. The van der Waals surface area contributed by atoms with E-state index in [9.17, 15) is 4.79 Å². The Morgan fingerprint density at radius 2 is 2.00 bits per heavy atom. The number of hydrogen-bond acceptors (Lipinski definition) is 1. The summed E-state index contributed by atoms with van der Waals surface area (Å²) in [6.45, 7) is 3.88. The summed E-state index contributed by atoms with van der Waals surface area (Å²) in [4.78, 5) is 11.3. The zero-order chi connectivity index (χ0) is 10.7. The summed E-state index contributed by atoms with van der Waals surface area (Å²) in [5.41, 5.74) is 2.20. The minimum atomic E-state index is 0.271. The van der Waals surface area contributed by atoms with Gasteiger partial charge in [0, 0.05) is 6.42 Å². The number of ketones is 1. The van der Waals surface area contributed by atoms with Crippen molar-refractivity contribution in [2.24, 2.45) is 5.92 Å². The number of benzene rings is 1. The van der Waals surface area contributed by atoms with Crippen molar-refractivity contribution >= 4 is 5.78 Å². The number of Topliss-reactive ketones (excluding diaryl/α,β-unsaturated/α-hetero) is 1. The second-order valence-corrected chi connectivity index (χ2v) is 4.21. The molecule has 1 aliphatic rings. The van der Waals surface area contributed by atoms with Crippen molar-refractivity contribution in [3.63, 3.8) is 0 Å². The zero-order valence-corrected chi connectivity index (χ0v) is 8.91. The van der Waals surface area contributed by atoms with Gasteiger partial charge in [0.1, 0.15) is 0 Å². The summed E-state index contributed by atoms with van der Waals surface area (Å²) in [7, 11) is 0. The minimum Gasteiger partial charge on any atom is -0.295 e. The third kappa shape index (κ3) is 2.35. The Morgan fingerprint density at radius 1 is 1.27 bits per heavy atom. The van der Waals surface area contributed by atoms with Gasteiger partial charge in [-0.3, -0.25) is 4.79 Å². The van der Waals surface area contributed by atoms with Gasteiger partial charge in [-0.15, -0.1) is 0 Å². The Hall–Kier alpha value is -1.37. The lowest BCUT2D eigenvalue weighted by atomic mass is 9.95. The van der Waals surface area contributed by atoms with E-state index in [1.807, 2.05) is 6.07 Å². The van der Waals surface area contributed by atoms with Crippen LogP contribution in [0.25, 0.3) is 0 Å². The maximum absolute atomic E-state index is 11.3. The van der Waals surface area contributed by atoms with Crippen molar-refractivity contribution in [1.29, 1.82) is 0 Å². The monoisotopic (exact) mass is 200 g/mol. The van der Waals surface area contributed by atoms with E-state index < -0.39 is 0 Å². The maximum atomic E-state index is 11.3. The van der Waals surface area contributed by atoms with Crippen LogP contribution in [0.4, 0.5) is 0 Å². The van der Waals surface area contributed by atoms with Gasteiger partial charge in [-0.1, -0.05) is 36.9 Å². The van der Waals surface area contributed by atoms with Crippen LogP contribution in [0.3, 0.4) is 0 Å². The summed E-state index contributed by atoms with van der Waals surface area (Å²) in [5.74, 6) is 0.700. The Bertz CT molecular complexity index is 364. The highest BCUT2D eigenvalue weighted by atomic mass is 16.1. The molecule has 0 radical (unpaired) electrons. The van der Waals surface area contributed by atoms with E-state index >= 15 is 0 Å². The number of rotatable bonds is 3. The van der Waals surface area contributed by atoms with Crippen LogP contribution in [0.5, 0.6) is 0 Å². The van der Waals surface area contributed by atoms with E-state index in [1.165, 1.54) is 5.56 Å². The standard InChI is InChI=1S/C14H16O/c1-11-13(9-10-14(11)15)8-7-12-5-3-2-4-6-12/h2-6,13H,1,7-10H2. The van der Waals surface area contributed by atoms with Gasteiger partial charge in [0.25, 0.3) is 0 Å². The molecular weight excluding hydrogens is 184 g/mol. The third-order valence-electron chi connectivity index (χ3n) is 3.20. The Kier molecular flexibility index (Phi) is 3.00. The molecule has 1 aromatic rings. The lowest BCUT2D eigenvalue weighted by molar-refractivity contribution is -0.114. The first kappa shape index (κ1) is 10.2. The van der Waals surface area contributed by atoms with Crippen molar-refractivity contribution in [3.05, 3.63) is 48.0 Å². The van der Waals surface area contributed by atoms with Crippen molar-refractivity contribution in [2.75, 3.05) is 0 Å². The van der Waals surface area contributed by atoms with Gasteiger partial charge in [-0.05, 0) is 36.3 Å². The third-order valence-corrected chi connectivity index (χ3v) is 3.20. The molecule has 1 heteroatoms. The van der Waals surface area contributed by atoms with Crippen molar-refractivity contribution in [1.82, 2.24) is 0 Å². The largest absolute Gasteiger partial charge is 0.295 e. The minimum absolute atomic E-state index is 0.271. The molecule has 1 aromatic carbocycles. The molecule has 0 aliphatic heterocycles. The predicted molar refractivity (Wildman–Crippen MR) is 61.6 cm³/mol. The number of carbonyl (C=O) groups is 1. The topological polar surface area (TPSA) is 17.1 Å². The Balaban J connectivity index is 1.89. The quantitative estimate of drug-likeness (QED) is 0.685. The molecule has 0 amide bonds. The van der Waals surface area contributed by atoms with E-state index in [0.717, 1.165) is 24.8 Å². The molecule has 1 unspecified atom stereocenters. The van der Waals surface area contributed by atoms with Crippen LogP contribution in [0, 0.1) is 5.92 Å². The molecule has 0 heterocycles. The fraction of sp³-hybridized carbons (Fsp3) is 0.357. The van der Waals surface area contributed by atoms with Crippen LogP contribution in [-0.4, -0.2) is 5.78 Å². The Labute approximate surface area is 90.8 Å². The maximum Gasteiger partial charge on any atom is 0.158 e. The van der Waals surface area contributed by atoms with Crippen LogP contribution in [0.15, 0.2) is 42.5 Å². The highest BCUT2D eigenvalue weighted by Gasteiger charge is 2.25. The van der Waals surface area contributed by atoms with E-state index in [4.69, 9.17) is 0 Å². The number of allylic oxidation sites excluding steroid dienone is 1. The van der Waals surface area contributed by atoms with Crippen molar-refractivity contribution < 1.29 is 4.79 Å². The first-order chi connectivity index (χ1) is 7.27. The lowest BCUT2D eigenvalue weighted by Gasteiger charge is -2.09. The highest BCUT2D eigenvalue weighted by molar-refractivity contribution is 5.97. The van der Waals surface area contributed by atoms with Crippen LogP contribution in [-0.2, 0) is 11.2 Å². The Morgan fingerprint density at radius 3 is 2.60 bits per heavy atom. The van der Waals surface area contributed by atoms with E-state index in [-0.39, 0.29) is 5.78 Å². The van der Waals surface area contributed by atoms with Crippen molar-refractivity contribution in [2.45, 2.75) is 25.7 Å². The molecule has 1 aliphatic carbocycles. The second kappa shape index (κ2) is 4.43. The van der Waals surface area contributed by atoms with E-state index in [2.05, 4.69) is 30.8 Å². The molecule has 0 saturated heterocycles. The average Bonchev–Trinajstić information content (AvgIpc) is 2.59. The number of aryl methyl sites for hydroxylation is 1. The van der Waals surface area contributed by atoms with Crippen LogP contribution < -0.4 is 0 Å². The average molecular weight is 200 g/mol. The molecule has 0 aromatic heterocycles. The first-order valence-electron chi connectivity index (χ1n) is 5.53. The summed E-state index contributed by atoms with van der Waals surface area (Å²) in [6.07, 6.45) is 3.83. The molecule has 2 rings (SSSR count). The highest BCUT2D eigenvalue weighted by Crippen LogP contribution is 2.30. The van der Waals surface area contributed by atoms with Crippen LogP contribution >= 0.6 is 0 Å². The van der Waals surface area contributed by atoms with E-state index in [0.29, 0.717) is 12.3 Å². The zero-order valence-electron chi connectivity index (χ0n) is 8.91. The molecule has 1 nitrogen and oxygen atoms in total. The second-order valence-electron chi connectivity index (χ2n) is 4.21. The molecule has 0 bridgehead atoms. The molecule has 15 heavy (non-hydrogen) atoms. The first-order valence-corrected chi connectivity index (χ1v) is 5.53. The number of carbonyl (C=O) groups excluding carboxylic acids is 1. The molecule has 1 fully saturated rings. The van der Waals surface area contributed by atoms with Gasteiger partial charge in [0.2, 0.25) is 0 Å². The normalized spacial score (nSPS) is 20.9. The van der Waals surface area contributed by atoms with Crippen molar-refractivity contribution in [3.8, 4) is 0 Å². The molecule has 1 atom stereocenters.